The van der Waals surface area contributed by atoms with Crippen LogP contribution in [0.15, 0.2) is 35.7 Å². The fourth-order valence-corrected chi connectivity index (χ4v) is 4.06. The van der Waals surface area contributed by atoms with Crippen molar-refractivity contribution in [3.63, 3.8) is 0 Å². The molecule has 0 amide bonds. The van der Waals surface area contributed by atoms with Gasteiger partial charge in [-0.2, -0.15) is 0 Å². The summed E-state index contributed by atoms with van der Waals surface area (Å²) in [7, 11) is 0. The number of piperazine rings is 1. The Hall–Kier alpha value is -1.40. The summed E-state index contributed by atoms with van der Waals surface area (Å²) in [6.07, 6.45) is -0.454. The molecule has 5 heteroatoms. The molecule has 1 fully saturated rings. The maximum absolute atomic E-state index is 10.3. The largest absolute Gasteiger partial charge is 0.491 e. The highest BCUT2D eigenvalue weighted by molar-refractivity contribution is 7.09. The summed E-state index contributed by atoms with van der Waals surface area (Å²) >= 11 is 1.82. The molecular weight excluding hydrogens is 332 g/mol. The van der Waals surface area contributed by atoms with Crippen molar-refractivity contribution in [3.05, 3.63) is 51.7 Å². The smallest absolute Gasteiger partial charge is 0.119 e. The highest BCUT2D eigenvalue weighted by atomic mass is 32.1. The van der Waals surface area contributed by atoms with Crippen LogP contribution in [-0.2, 0) is 6.54 Å². The molecular formula is C20H28N2O2S. The average molecular weight is 361 g/mol. The van der Waals surface area contributed by atoms with Gasteiger partial charge in [-0.25, -0.2) is 0 Å². The van der Waals surface area contributed by atoms with Gasteiger partial charge in [-0.05, 0) is 48.6 Å². The second-order valence-electron chi connectivity index (χ2n) is 6.94. The molecule has 1 aromatic heterocycles. The van der Waals surface area contributed by atoms with Crippen LogP contribution < -0.4 is 4.74 Å². The quantitative estimate of drug-likeness (QED) is 0.824. The topological polar surface area (TPSA) is 35.9 Å². The van der Waals surface area contributed by atoms with E-state index in [4.69, 9.17) is 4.74 Å². The molecule has 1 aliphatic heterocycles. The second kappa shape index (κ2) is 8.81. The van der Waals surface area contributed by atoms with Crippen LogP contribution in [0, 0.1) is 13.8 Å². The molecule has 0 spiro atoms. The van der Waals surface area contributed by atoms with Gasteiger partial charge in [0.1, 0.15) is 18.5 Å². The van der Waals surface area contributed by atoms with Crippen LogP contribution in [-0.4, -0.2) is 60.3 Å². The highest BCUT2D eigenvalue weighted by Crippen LogP contribution is 2.17. The molecule has 1 N–H and O–H groups in total. The Bertz CT molecular complexity index is 631. The van der Waals surface area contributed by atoms with Gasteiger partial charge >= 0.3 is 0 Å². The molecule has 2 aromatic rings. The van der Waals surface area contributed by atoms with Crippen LogP contribution in [0.5, 0.6) is 5.75 Å². The first-order valence-electron chi connectivity index (χ1n) is 8.95. The van der Waals surface area contributed by atoms with Crippen molar-refractivity contribution in [2.24, 2.45) is 0 Å². The number of aliphatic hydroxyl groups excluding tert-OH is 1. The molecule has 3 rings (SSSR count). The SMILES string of the molecule is Cc1cc(C)cc(OCC(O)CN2CCN(Cc3cccs3)CC2)c1. The van der Waals surface area contributed by atoms with Gasteiger partial charge in [0, 0.05) is 44.1 Å². The zero-order valence-electron chi connectivity index (χ0n) is 15.1. The van der Waals surface area contributed by atoms with Crippen molar-refractivity contribution in [2.75, 3.05) is 39.3 Å². The minimum Gasteiger partial charge on any atom is -0.491 e. The minimum absolute atomic E-state index is 0.346. The van der Waals surface area contributed by atoms with E-state index in [-0.39, 0.29) is 0 Å². The number of hydrogen-bond donors (Lipinski definition) is 1. The van der Waals surface area contributed by atoms with E-state index in [1.165, 1.54) is 16.0 Å². The highest BCUT2D eigenvalue weighted by Gasteiger charge is 2.19. The number of aliphatic hydroxyl groups is 1. The lowest BCUT2D eigenvalue weighted by molar-refractivity contribution is 0.0448. The number of benzene rings is 1. The van der Waals surface area contributed by atoms with E-state index in [9.17, 15) is 5.11 Å². The number of thiophene rings is 1. The lowest BCUT2D eigenvalue weighted by atomic mass is 10.1. The van der Waals surface area contributed by atoms with Crippen molar-refractivity contribution in [1.82, 2.24) is 9.80 Å². The molecule has 1 aliphatic rings. The first-order valence-corrected chi connectivity index (χ1v) is 9.83. The van der Waals surface area contributed by atoms with Gasteiger partial charge in [0.2, 0.25) is 0 Å². The van der Waals surface area contributed by atoms with Gasteiger partial charge in [-0.3, -0.25) is 9.80 Å². The summed E-state index contributed by atoms with van der Waals surface area (Å²) in [6.45, 7) is 10.3. The van der Waals surface area contributed by atoms with Gasteiger partial charge < -0.3 is 9.84 Å². The number of rotatable bonds is 7. The van der Waals surface area contributed by atoms with Gasteiger partial charge in [0.15, 0.2) is 0 Å². The van der Waals surface area contributed by atoms with Crippen molar-refractivity contribution < 1.29 is 9.84 Å². The van der Waals surface area contributed by atoms with Gasteiger partial charge in [-0.1, -0.05) is 12.1 Å². The zero-order valence-corrected chi connectivity index (χ0v) is 16.0. The van der Waals surface area contributed by atoms with E-state index in [1.54, 1.807) is 0 Å². The van der Waals surface area contributed by atoms with Crippen molar-refractivity contribution >= 4 is 11.3 Å². The van der Waals surface area contributed by atoms with Crippen LogP contribution in [0.25, 0.3) is 0 Å². The van der Waals surface area contributed by atoms with E-state index in [0.717, 1.165) is 38.5 Å². The molecule has 1 saturated heterocycles. The van der Waals surface area contributed by atoms with Gasteiger partial charge in [0.05, 0.1) is 0 Å². The Morgan fingerprint density at radius 1 is 1.08 bits per heavy atom. The molecule has 25 heavy (non-hydrogen) atoms. The minimum atomic E-state index is -0.454. The van der Waals surface area contributed by atoms with E-state index in [0.29, 0.717) is 13.2 Å². The molecule has 0 aliphatic carbocycles. The van der Waals surface area contributed by atoms with Crippen molar-refractivity contribution in [1.29, 1.82) is 0 Å². The van der Waals surface area contributed by atoms with Gasteiger partial charge in [-0.15, -0.1) is 11.3 Å². The maximum Gasteiger partial charge on any atom is 0.119 e. The molecule has 136 valence electrons. The third-order valence-corrected chi connectivity index (χ3v) is 5.39. The Morgan fingerprint density at radius 2 is 1.76 bits per heavy atom. The third kappa shape index (κ3) is 5.82. The number of hydrogen-bond acceptors (Lipinski definition) is 5. The molecule has 1 unspecified atom stereocenters. The Kier molecular flexibility index (Phi) is 6.48. The van der Waals surface area contributed by atoms with Crippen LogP contribution in [0.2, 0.25) is 0 Å². The number of nitrogens with zero attached hydrogens (tertiary/aromatic N) is 2. The van der Waals surface area contributed by atoms with Crippen LogP contribution in [0.3, 0.4) is 0 Å². The van der Waals surface area contributed by atoms with E-state index < -0.39 is 6.10 Å². The predicted octanol–water partition coefficient (Wildman–Crippen LogP) is 2.92. The second-order valence-corrected chi connectivity index (χ2v) is 7.98. The van der Waals surface area contributed by atoms with E-state index in [1.807, 2.05) is 23.5 Å². The number of β-amino-alcohol motifs (C(OH)–C–C–N with tert-alkyl or cyclic N) is 1. The van der Waals surface area contributed by atoms with Crippen molar-refractivity contribution in [2.45, 2.75) is 26.5 Å². The van der Waals surface area contributed by atoms with Crippen molar-refractivity contribution in [3.8, 4) is 5.75 Å². The summed E-state index contributed by atoms with van der Waals surface area (Å²) in [4.78, 5) is 6.25. The average Bonchev–Trinajstić information content (AvgIpc) is 3.07. The molecule has 4 nitrogen and oxygen atoms in total. The first-order chi connectivity index (χ1) is 12.1. The monoisotopic (exact) mass is 360 g/mol. The van der Waals surface area contributed by atoms with Crippen LogP contribution >= 0.6 is 11.3 Å². The normalized spacial score (nSPS) is 17.6. The van der Waals surface area contributed by atoms with Gasteiger partial charge in [0.25, 0.3) is 0 Å². The summed E-state index contributed by atoms with van der Waals surface area (Å²) < 4.78 is 5.78. The van der Waals surface area contributed by atoms with Crippen LogP contribution in [0.1, 0.15) is 16.0 Å². The fourth-order valence-electron chi connectivity index (χ4n) is 3.31. The predicted molar refractivity (Wildman–Crippen MR) is 103 cm³/mol. The molecule has 1 aromatic carbocycles. The van der Waals surface area contributed by atoms with Crippen LogP contribution in [0.4, 0.5) is 0 Å². The standard InChI is InChI=1S/C20H28N2O2S/c1-16-10-17(2)12-19(11-16)24-15-18(23)13-21-5-7-22(8-6-21)14-20-4-3-9-25-20/h3-4,9-12,18,23H,5-8,13-15H2,1-2H3. The molecule has 0 radical (unpaired) electrons. The Balaban J connectivity index is 1.38. The lowest BCUT2D eigenvalue weighted by Gasteiger charge is -2.35. The molecule has 2 heterocycles. The summed E-state index contributed by atoms with van der Waals surface area (Å²) in [5.41, 5.74) is 2.37. The first kappa shape index (κ1) is 18.4. The summed E-state index contributed by atoms with van der Waals surface area (Å²) in [5.74, 6) is 0.845. The third-order valence-electron chi connectivity index (χ3n) is 4.53. The number of aryl methyl sites for hydroxylation is 2. The Labute approximate surface area is 154 Å². The zero-order chi connectivity index (χ0) is 17.6. The van der Waals surface area contributed by atoms with E-state index >= 15 is 0 Å². The lowest BCUT2D eigenvalue weighted by Crippen LogP contribution is -2.48. The maximum atomic E-state index is 10.3. The molecule has 0 bridgehead atoms. The molecule has 1 atom stereocenters. The van der Waals surface area contributed by atoms with E-state index in [2.05, 4.69) is 47.2 Å². The fraction of sp³-hybridized carbons (Fsp3) is 0.500. The number of ether oxygens (including phenoxy) is 1. The summed E-state index contributed by atoms with van der Waals surface area (Å²) in [5, 5.41) is 12.4. The Morgan fingerprint density at radius 3 is 2.40 bits per heavy atom. The summed E-state index contributed by atoms with van der Waals surface area (Å²) in [6, 6.07) is 10.5. The molecule has 0 saturated carbocycles.